The summed E-state index contributed by atoms with van der Waals surface area (Å²) in [6.07, 6.45) is 12.4. The maximum Gasteiger partial charge on any atom is 0.0819 e. The Morgan fingerprint density at radius 1 is 1.32 bits per heavy atom. The molecule has 1 nitrogen and oxygen atoms in total. The summed E-state index contributed by atoms with van der Waals surface area (Å²) in [4.78, 5) is 0. The van der Waals surface area contributed by atoms with Crippen LogP contribution in [0, 0.1) is 5.92 Å². The van der Waals surface area contributed by atoms with Crippen molar-refractivity contribution in [2.45, 2.75) is 71.1 Å². The van der Waals surface area contributed by atoms with Gasteiger partial charge in [0.05, 0.1) is 13.4 Å². The minimum Gasteiger partial charge on any atom is -0.504 e. The van der Waals surface area contributed by atoms with Gasteiger partial charge in [-0.3, -0.25) is 0 Å². The van der Waals surface area contributed by atoms with Gasteiger partial charge in [-0.05, 0) is 56.6 Å². The van der Waals surface area contributed by atoms with Crippen LogP contribution in [0.5, 0.6) is 0 Å². The molecule has 0 amide bonds. The van der Waals surface area contributed by atoms with Crippen molar-refractivity contribution in [2.75, 3.05) is 7.11 Å². The van der Waals surface area contributed by atoms with E-state index in [4.69, 9.17) is 4.74 Å². The molecule has 0 aromatic rings. The lowest BCUT2D eigenvalue weighted by molar-refractivity contribution is 0.315. The smallest absolute Gasteiger partial charge is 0.0819 e. The summed E-state index contributed by atoms with van der Waals surface area (Å²) in [5, 5.41) is 0. The average molecular weight is 281 g/mol. The third-order valence-electron chi connectivity index (χ3n) is 3.88. The fraction of sp³-hybridized carbons (Fsp3) is 0.765. The number of hydrogen-bond acceptors (Lipinski definition) is 1. The Morgan fingerprint density at radius 2 is 2.05 bits per heavy atom. The second-order valence-corrected chi connectivity index (χ2v) is 12.7. The Hall–Kier alpha value is -0.503. The van der Waals surface area contributed by atoms with Crippen LogP contribution in [0.15, 0.2) is 23.5 Å². The molecule has 1 fully saturated rings. The first kappa shape index (κ1) is 16.6. The highest BCUT2D eigenvalue weighted by molar-refractivity contribution is 6.76. The molecule has 19 heavy (non-hydrogen) atoms. The average Bonchev–Trinajstić information content (AvgIpc) is 2.29. The van der Waals surface area contributed by atoms with E-state index in [-0.39, 0.29) is 0 Å². The summed E-state index contributed by atoms with van der Waals surface area (Å²) in [7, 11) is 0.839. The van der Waals surface area contributed by atoms with Crippen LogP contribution < -0.4 is 0 Å². The molecule has 1 aliphatic rings. The standard InChI is InChI=1S/C17H32OSi/c1-15(14-19(3,4)5)9-8-12-16-10-6-7-11-17(16)13-18-2/h9,13,16H,6-8,10-12,14H2,1-5H3/b15-9+,17-13+. The van der Waals surface area contributed by atoms with Gasteiger partial charge in [-0.1, -0.05) is 37.7 Å². The van der Waals surface area contributed by atoms with E-state index in [2.05, 4.69) is 32.6 Å². The maximum atomic E-state index is 5.23. The van der Waals surface area contributed by atoms with Gasteiger partial charge in [-0.15, -0.1) is 0 Å². The van der Waals surface area contributed by atoms with E-state index in [0.717, 1.165) is 5.92 Å². The highest BCUT2D eigenvalue weighted by atomic mass is 28.3. The van der Waals surface area contributed by atoms with Crippen molar-refractivity contribution in [3.63, 3.8) is 0 Å². The molecule has 0 radical (unpaired) electrons. The largest absolute Gasteiger partial charge is 0.504 e. The molecule has 2 heteroatoms. The Labute approximate surface area is 121 Å². The predicted molar refractivity (Wildman–Crippen MR) is 88.2 cm³/mol. The fourth-order valence-corrected chi connectivity index (χ4v) is 5.00. The zero-order valence-corrected chi connectivity index (χ0v) is 14.6. The molecule has 1 unspecified atom stereocenters. The second kappa shape index (κ2) is 7.93. The summed E-state index contributed by atoms with van der Waals surface area (Å²) in [5.74, 6) is 0.768. The minimum absolute atomic E-state index is 0.768. The van der Waals surface area contributed by atoms with Crippen molar-refractivity contribution >= 4 is 8.07 Å². The van der Waals surface area contributed by atoms with E-state index in [0.29, 0.717) is 0 Å². The lowest BCUT2D eigenvalue weighted by Crippen LogP contribution is -2.19. The molecule has 1 aliphatic carbocycles. The van der Waals surface area contributed by atoms with Crippen molar-refractivity contribution in [1.82, 2.24) is 0 Å². The van der Waals surface area contributed by atoms with Gasteiger partial charge in [0.15, 0.2) is 0 Å². The highest BCUT2D eigenvalue weighted by Gasteiger charge is 2.18. The summed E-state index contributed by atoms with van der Waals surface area (Å²) < 4.78 is 5.23. The molecule has 0 heterocycles. The van der Waals surface area contributed by atoms with Gasteiger partial charge >= 0.3 is 0 Å². The topological polar surface area (TPSA) is 9.23 Å². The number of rotatable bonds is 6. The first-order chi connectivity index (χ1) is 8.92. The van der Waals surface area contributed by atoms with E-state index in [1.165, 1.54) is 44.6 Å². The molecule has 1 atom stereocenters. The van der Waals surface area contributed by atoms with Crippen LogP contribution in [0.2, 0.25) is 25.7 Å². The Bertz CT molecular complexity index is 323. The highest BCUT2D eigenvalue weighted by Crippen LogP contribution is 2.33. The molecular formula is C17H32OSi. The molecule has 0 N–H and O–H groups in total. The van der Waals surface area contributed by atoms with Gasteiger partial charge in [0.1, 0.15) is 0 Å². The van der Waals surface area contributed by atoms with Crippen molar-refractivity contribution in [1.29, 1.82) is 0 Å². The first-order valence-corrected chi connectivity index (χ1v) is 11.5. The van der Waals surface area contributed by atoms with E-state index >= 15 is 0 Å². The zero-order chi connectivity index (χ0) is 14.3. The van der Waals surface area contributed by atoms with E-state index < -0.39 is 8.07 Å². The predicted octanol–water partition coefficient (Wildman–Crippen LogP) is 5.77. The Morgan fingerprint density at radius 3 is 2.68 bits per heavy atom. The third-order valence-corrected chi connectivity index (χ3v) is 5.50. The summed E-state index contributed by atoms with van der Waals surface area (Å²) in [6.45, 7) is 9.66. The van der Waals surface area contributed by atoms with Gasteiger partial charge < -0.3 is 4.74 Å². The molecule has 1 rings (SSSR count). The monoisotopic (exact) mass is 280 g/mol. The molecule has 0 spiro atoms. The van der Waals surface area contributed by atoms with E-state index in [9.17, 15) is 0 Å². The molecule has 0 aromatic carbocycles. The molecule has 0 saturated heterocycles. The van der Waals surface area contributed by atoms with Crippen molar-refractivity contribution < 1.29 is 4.74 Å². The number of hydrogen-bond donors (Lipinski definition) is 0. The van der Waals surface area contributed by atoms with Gasteiger partial charge in [0.2, 0.25) is 0 Å². The first-order valence-electron chi connectivity index (χ1n) is 7.80. The molecule has 0 aromatic heterocycles. The van der Waals surface area contributed by atoms with Gasteiger partial charge in [-0.2, -0.15) is 0 Å². The van der Waals surface area contributed by atoms with Crippen LogP contribution in [-0.4, -0.2) is 15.2 Å². The number of allylic oxidation sites excluding steroid dienone is 3. The van der Waals surface area contributed by atoms with Gasteiger partial charge in [0.25, 0.3) is 0 Å². The SMILES string of the molecule is CO/C=C1\CCCCC1CC/C=C(\C)C[Si](C)(C)C. The minimum atomic E-state index is -0.936. The lowest BCUT2D eigenvalue weighted by atomic mass is 9.82. The second-order valence-electron chi connectivity index (χ2n) is 7.24. The third kappa shape index (κ3) is 7.00. The normalized spacial score (nSPS) is 23.7. The maximum absolute atomic E-state index is 5.23. The van der Waals surface area contributed by atoms with Gasteiger partial charge in [-0.25, -0.2) is 0 Å². The van der Waals surface area contributed by atoms with Crippen molar-refractivity contribution in [2.24, 2.45) is 5.92 Å². The molecular weight excluding hydrogens is 248 g/mol. The van der Waals surface area contributed by atoms with Crippen LogP contribution in [-0.2, 0) is 4.74 Å². The van der Waals surface area contributed by atoms with Crippen LogP contribution in [0.1, 0.15) is 45.4 Å². The summed E-state index contributed by atoms with van der Waals surface area (Å²) >= 11 is 0. The van der Waals surface area contributed by atoms with E-state index in [1.807, 2.05) is 6.26 Å². The summed E-state index contributed by atoms with van der Waals surface area (Å²) in [6, 6.07) is 1.35. The number of methoxy groups -OCH3 is 1. The van der Waals surface area contributed by atoms with Crippen molar-refractivity contribution in [3.8, 4) is 0 Å². The van der Waals surface area contributed by atoms with Crippen molar-refractivity contribution in [3.05, 3.63) is 23.5 Å². The van der Waals surface area contributed by atoms with Crippen LogP contribution >= 0.6 is 0 Å². The summed E-state index contributed by atoms with van der Waals surface area (Å²) in [5.41, 5.74) is 3.15. The van der Waals surface area contributed by atoms with Crippen LogP contribution in [0.25, 0.3) is 0 Å². The zero-order valence-electron chi connectivity index (χ0n) is 13.6. The molecule has 0 aliphatic heterocycles. The quantitative estimate of drug-likeness (QED) is 0.341. The number of ether oxygens (including phenoxy) is 1. The Balaban J connectivity index is 2.42. The lowest BCUT2D eigenvalue weighted by Gasteiger charge is -2.24. The Kier molecular flexibility index (Phi) is 6.91. The molecule has 1 saturated carbocycles. The van der Waals surface area contributed by atoms with E-state index in [1.54, 1.807) is 18.3 Å². The fourth-order valence-electron chi connectivity index (χ4n) is 3.19. The van der Waals surface area contributed by atoms with Gasteiger partial charge in [0, 0.05) is 8.07 Å². The van der Waals surface area contributed by atoms with Crippen LogP contribution in [0.3, 0.4) is 0 Å². The molecule has 0 bridgehead atoms. The van der Waals surface area contributed by atoms with Crippen LogP contribution in [0.4, 0.5) is 0 Å². The molecule has 110 valence electrons.